The summed E-state index contributed by atoms with van der Waals surface area (Å²) in [6.07, 6.45) is 1.75. The van der Waals surface area contributed by atoms with Gasteiger partial charge in [-0.25, -0.2) is 17.8 Å². The topological polar surface area (TPSA) is 79.8 Å². The maximum absolute atomic E-state index is 13.0. The largest absolute Gasteiger partial charge is 0.457 e. The fourth-order valence-corrected chi connectivity index (χ4v) is 3.27. The standard InChI is InChI=1S/C21H28FN3O3S.HI/c1-4-23-21(25-16(2)13-14-29(3,26)27)24-15-17-5-9-19(10-6-17)28-20-11-7-18(22)8-12-20;/h5-12,16H,4,13-15H2,1-3H3,(H2,23,24,25);1H. The molecule has 9 heteroatoms. The van der Waals surface area contributed by atoms with Crippen molar-refractivity contribution in [3.8, 4) is 11.5 Å². The van der Waals surface area contributed by atoms with Gasteiger partial charge in [-0.3, -0.25) is 0 Å². The van der Waals surface area contributed by atoms with Crippen LogP contribution < -0.4 is 15.4 Å². The molecule has 1 atom stereocenters. The van der Waals surface area contributed by atoms with Gasteiger partial charge in [0, 0.05) is 18.8 Å². The predicted molar refractivity (Wildman–Crippen MR) is 130 cm³/mol. The molecule has 0 aliphatic rings. The first kappa shape index (κ1) is 26.2. The Balaban J connectivity index is 0.00000450. The molecule has 0 amide bonds. The van der Waals surface area contributed by atoms with Crippen molar-refractivity contribution < 1.29 is 17.5 Å². The van der Waals surface area contributed by atoms with E-state index >= 15 is 0 Å². The number of aliphatic imine (C=N–C) groups is 1. The summed E-state index contributed by atoms with van der Waals surface area (Å²) < 4.78 is 41.3. The first-order chi connectivity index (χ1) is 13.7. The Kier molecular flexibility index (Phi) is 11.1. The molecule has 0 radical (unpaired) electrons. The lowest BCUT2D eigenvalue weighted by atomic mass is 10.2. The number of ether oxygens (including phenoxy) is 1. The second-order valence-corrected chi connectivity index (χ2v) is 9.12. The molecular formula is C21H29FIN3O3S. The summed E-state index contributed by atoms with van der Waals surface area (Å²) in [5, 5.41) is 6.39. The van der Waals surface area contributed by atoms with E-state index in [4.69, 9.17) is 4.74 Å². The van der Waals surface area contributed by atoms with Crippen LogP contribution in [-0.4, -0.2) is 39.0 Å². The number of hydrogen-bond donors (Lipinski definition) is 2. The molecule has 0 spiro atoms. The highest BCUT2D eigenvalue weighted by Gasteiger charge is 2.09. The highest BCUT2D eigenvalue weighted by Crippen LogP contribution is 2.22. The van der Waals surface area contributed by atoms with E-state index in [0.29, 0.717) is 37.0 Å². The molecule has 2 aromatic rings. The molecule has 0 fully saturated rings. The summed E-state index contributed by atoms with van der Waals surface area (Å²) in [5.74, 6) is 1.69. The number of nitrogens with zero attached hydrogens (tertiary/aromatic N) is 1. The van der Waals surface area contributed by atoms with Gasteiger partial charge < -0.3 is 15.4 Å². The molecule has 1 unspecified atom stereocenters. The van der Waals surface area contributed by atoms with E-state index in [0.717, 1.165) is 5.56 Å². The molecule has 6 nitrogen and oxygen atoms in total. The van der Waals surface area contributed by atoms with Gasteiger partial charge in [0.2, 0.25) is 0 Å². The van der Waals surface area contributed by atoms with Crippen molar-refractivity contribution in [1.82, 2.24) is 10.6 Å². The molecule has 0 heterocycles. The van der Waals surface area contributed by atoms with Gasteiger partial charge in [-0.05, 0) is 62.2 Å². The normalized spacial score (nSPS) is 12.6. The van der Waals surface area contributed by atoms with Gasteiger partial charge in [-0.15, -0.1) is 24.0 Å². The molecule has 0 bridgehead atoms. The minimum atomic E-state index is -2.98. The van der Waals surface area contributed by atoms with Crippen LogP contribution >= 0.6 is 24.0 Å². The highest BCUT2D eigenvalue weighted by molar-refractivity contribution is 14.0. The van der Waals surface area contributed by atoms with Crippen molar-refractivity contribution >= 4 is 39.8 Å². The molecule has 2 rings (SSSR count). The van der Waals surface area contributed by atoms with Crippen molar-refractivity contribution in [2.45, 2.75) is 32.9 Å². The lowest BCUT2D eigenvalue weighted by molar-refractivity contribution is 0.480. The Morgan fingerprint density at radius 1 is 1.10 bits per heavy atom. The summed E-state index contributed by atoms with van der Waals surface area (Å²) in [4.78, 5) is 4.55. The highest BCUT2D eigenvalue weighted by atomic mass is 127. The van der Waals surface area contributed by atoms with Crippen molar-refractivity contribution in [2.75, 3.05) is 18.6 Å². The molecule has 0 aliphatic carbocycles. The summed E-state index contributed by atoms with van der Waals surface area (Å²) >= 11 is 0. The molecule has 2 aromatic carbocycles. The minimum absolute atomic E-state index is 0. The fourth-order valence-electron chi connectivity index (χ4n) is 2.49. The van der Waals surface area contributed by atoms with Crippen molar-refractivity contribution in [1.29, 1.82) is 0 Å². The van der Waals surface area contributed by atoms with Gasteiger partial charge in [-0.2, -0.15) is 0 Å². The van der Waals surface area contributed by atoms with Crippen LogP contribution in [0.3, 0.4) is 0 Å². The maximum Gasteiger partial charge on any atom is 0.191 e. The Labute approximate surface area is 195 Å². The van der Waals surface area contributed by atoms with Gasteiger partial charge >= 0.3 is 0 Å². The third kappa shape index (κ3) is 10.2. The number of guanidine groups is 1. The third-order valence-corrected chi connectivity index (χ3v) is 5.02. The van der Waals surface area contributed by atoms with Crippen LogP contribution in [0.5, 0.6) is 11.5 Å². The molecule has 2 N–H and O–H groups in total. The Morgan fingerprint density at radius 3 is 2.20 bits per heavy atom. The lowest BCUT2D eigenvalue weighted by Gasteiger charge is -2.17. The fraction of sp³-hybridized carbons (Fsp3) is 0.381. The summed E-state index contributed by atoms with van der Waals surface area (Å²) in [7, 11) is -2.98. The summed E-state index contributed by atoms with van der Waals surface area (Å²) in [5.41, 5.74) is 0.998. The quantitative estimate of drug-likeness (QED) is 0.280. The van der Waals surface area contributed by atoms with E-state index in [9.17, 15) is 12.8 Å². The van der Waals surface area contributed by atoms with E-state index in [1.165, 1.54) is 18.4 Å². The van der Waals surface area contributed by atoms with Crippen LogP contribution in [0, 0.1) is 5.82 Å². The van der Waals surface area contributed by atoms with E-state index < -0.39 is 9.84 Å². The molecule has 0 saturated heterocycles. The van der Waals surface area contributed by atoms with Crippen LogP contribution in [0.15, 0.2) is 53.5 Å². The van der Waals surface area contributed by atoms with E-state index in [1.54, 1.807) is 12.1 Å². The zero-order valence-electron chi connectivity index (χ0n) is 17.4. The van der Waals surface area contributed by atoms with Crippen LogP contribution in [-0.2, 0) is 16.4 Å². The zero-order valence-corrected chi connectivity index (χ0v) is 20.5. The molecular weight excluding hydrogens is 520 g/mol. The maximum atomic E-state index is 13.0. The van der Waals surface area contributed by atoms with E-state index in [-0.39, 0.29) is 41.6 Å². The van der Waals surface area contributed by atoms with Gasteiger partial charge in [0.1, 0.15) is 27.2 Å². The second-order valence-electron chi connectivity index (χ2n) is 6.86. The zero-order chi connectivity index (χ0) is 21.3. The number of sulfone groups is 1. The van der Waals surface area contributed by atoms with Crippen LogP contribution in [0.2, 0.25) is 0 Å². The Bertz CT molecular complexity index is 904. The average molecular weight is 549 g/mol. The molecule has 166 valence electrons. The second kappa shape index (κ2) is 12.7. The summed E-state index contributed by atoms with van der Waals surface area (Å²) in [6.45, 7) is 5.07. The predicted octanol–water partition coefficient (Wildman–Crippen LogP) is 4.11. The number of nitrogens with one attached hydrogen (secondary N) is 2. The average Bonchev–Trinajstić information content (AvgIpc) is 2.67. The first-order valence-electron chi connectivity index (χ1n) is 9.50. The van der Waals surface area contributed by atoms with E-state index in [2.05, 4.69) is 15.6 Å². The van der Waals surface area contributed by atoms with Gasteiger partial charge in [-0.1, -0.05) is 12.1 Å². The smallest absolute Gasteiger partial charge is 0.191 e. The van der Waals surface area contributed by atoms with Crippen molar-refractivity contribution in [2.24, 2.45) is 4.99 Å². The Morgan fingerprint density at radius 2 is 1.67 bits per heavy atom. The number of rotatable bonds is 9. The van der Waals surface area contributed by atoms with Crippen LogP contribution in [0.4, 0.5) is 4.39 Å². The van der Waals surface area contributed by atoms with Crippen LogP contribution in [0.1, 0.15) is 25.8 Å². The van der Waals surface area contributed by atoms with Gasteiger partial charge in [0.05, 0.1) is 12.3 Å². The van der Waals surface area contributed by atoms with Gasteiger partial charge in [0.25, 0.3) is 0 Å². The van der Waals surface area contributed by atoms with Gasteiger partial charge in [0.15, 0.2) is 5.96 Å². The van der Waals surface area contributed by atoms with Crippen molar-refractivity contribution in [3.05, 3.63) is 59.9 Å². The Hall–Kier alpha value is -1.88. The molecule has 0 aromatic heterocycles. The summed E-state index contributed by atoms with van der Waals surface area (Å²) in [6, 6.07) is 13.3. The van der Waals surface area contributed by atoms with E-state index in [1.807, 2.05) is 38.1 Å². The first-order valence-corrected chi connectivity index (χ1v) is 11.6. The minimum Gasteiger partial charge on any atom is -0.457 e. The monoisotopic (exact) mass is 549 g/mol. The number of hydrogen-bond acceptors (Lipinski definition) is 4. The molecule has 0 aliphatic heterocycles. The molecule has 30 heavy (non-hydrogen) atoms. The van der Waals surface area contributed by atoms with Crippen molar-refractivity contribution in [3.63, 3.8) is 0 Å². The number of halogens is 2. The van der Waals surface area contributed by atoms with Crippen LogP contribution in [0.25, 0.3) is 0 Å². The number of benzene rings is 2. The lowest BCUT2D eigenvalue weighted by Crippen LogP contribution is -2.42. The SMILES string of the molecule is CCNC(=NCc1ccc(Oc2ccc(F)cc2)cc1)NC(C)CCS(C)(=O)=O.I. The third-order valence-electron chi connectivity index (χ3n) is 4.04. The molecule has 0 saturated carbocycles.